The second kappa shape index (κ2) is 7.72. The lowest BCUT2D eigenvalue weighted by Gasteiger charge is -2.10. The van der Waals surface area contributed by atoms with Crippen LogP contribution in [0.3, 0.4) is 0 Å². The van der Waals surface area contributed by atoms with Crippen molar-refractivity contribution >= 4 is 21.9 Å². The Morgan fingerprint density at radius 3 is 2.52 bits per heavy atom. The molecule has 8 heteroatoms. The Kier molecular flexibility index (Phi) is 4.96. The summed E-state index contributed by atoms with van der Waals surface area (Å²) in [6.07, 6.45) is 0.682. The highest BCUT2D eigenvalue weighted by Gasteiger charge is 2.21. The Balaban J connectivity index is 1.77. The van der Waals surface area contributed by atoms with Crippen molar-refractivity contribution in [2.75, 3.05) is 7.11 Å². The monoisotopic (exact) mass is 444 g/mol. The van der Waals surface area contributed by atoms with Crippen LogP contribution in [0.5, 0.6) is 5.75 Å². The molecule has 0 aliphatic heterocycles. The quantitative estimate of drug-likeness (QED) is 0.404. The van der Waals surface area contributed by atoms with Crippen molar-refractivity contribution in [2.45, 2.75) is 54.5 Å². The van der Waals surface area contributed by atoms with Crippen LogP contribution >= 0.6 is 0 Å². The molecule has 0 saturated heterocycles. The van der Waals surface area contributed by atoms with Crippen LogP contribution in [0.15, 0.2) is 16.7 Å². The third kappa shape index (κ3) is 3.28. The summed E-state index contributed by atoms with van der Waals surface area (Å²) in [6.45, 7) is 12.9. The first-order chi connectivity index (χ1) is 15.8. The molecule has 33 heavy (non-hydrogen) atoms. The Bertz CT molecular complexity index is 1500. The van der Waals surface area contributed by atoms with E-state index in [2.05, 4.69) is 47.7 Å². The topological polar surface area (TPSA) is 94.7 Å². The smallest absolute Gasteiger partial charge is 0.142 e. The van der Waals surface area contributed by atoms with Crippen LogP contribution in [0.2, 0.25) is 0 Å². The number of methoxy groups -OCH3 is 1. The molecular weight excluding hydrogens is 416 g/mol. The second-order valence-corrected chi connectivity index (χ2v) is 8.51. The van der Waals surface area contributed by atoms with Crippen molar-refractivity contribution in [1.82, 2.24) is 29.9 Å². The standard InChI is InChI=1S/C25H28N6O2/c1-8-31-21(12(2)13(3)29-31)11-20-24-17-10-22(32-7)18(23-14(4)30-33-15(23)5)9-19(17)28-25(24)27-16(6)26-20/h9-10H,8,11H2,1-7H3,(H,26,27,28). The minimum atomic E-state index is 0.682. The molecule has 5 aromatic rings. The molecule has 0 radical (unpaired) electrons. The van der Waals surface area contributed by atoms with E-state index < -0.39 is 0 Å². The first kappa shape index (κ1) is 21.2. The van der Waals surface area contributed by atoms with Crippen molar-refractivity contribution in [3.05, 3.63) is 52.1 Å². The van der Waals surface area contributed by atoms with Gasteiger partial charge >= 0.3 is 0 Å². The van der Waals surface area contributed by atoms with Crippen molar-refractivity contribution in [3.8, 4) is 16.9 Å². The number of rotatable bonds is 5. The third-order valence-corrected chi connectivity index (χ3v) is 6.45. The molecule has 0 unspecified atom stereocenters. The number of fused-ring (bicyclic) bond motifs is 3. The first-order valence-electron chi connectivity index (χ1n) is 11.1. The van der Waals surface area contributed by atoms with Crippen LogP contribution in [0.4, 0.5) is 0 Å². The number of nitrogens with zero attached hydrogens (tertiary/aromatic N) is 5. The summed E-state index contributed by atoms with van der Waals surface area (Å²) in [6, 6.07) is 4.15. The van der Waals surface area contributed by atoms with Gasteiger partial charge in [-0.25, -0.2) is 9.97 Å². The number of aromatic amines is 1. The Labute approximate surface area is 192 Å². The van der Waals surface area contributed by atoms with Gasteiger partial charge in [-0.1, -0.05) is 5.16 Å². The summed E-state index contributed by atoms with van der Waals surface area (Å²) in [5.41, 5.74) is 8.94. The molecule has 0 bridgehead atoms. The van der Waals surface area contributed by atoms with Gasteiger partial charge in [0.1, 0.15) is 23.0 Å². The maximum atomic E-state index is 5.81. The molecule has 1 aromatic carbocycles. The highest BCUT2D eigenvalue weighted by molar-refractivity contribution is 6.09. The summed E-state index contributed by atoms with van der Waals surface area (Å²) in [5.74, 6) is 2.25. The fourth-order valence-electron chi connectivity index (χ4n) is 4.74. The number of H-pyrrole nitrogens is 1. The van der Waals surface area contributed by atoms with E-state index in [0.29, 0.717) is 6.42 Å². The van der Waals surface area contributed by atoms with Crippen molar-refractivity contribution < 1.29 is 9.26 Å². The molecule has 0 aliphatic rings. The fourth-order valence-corrected chi connectivity index (χ4v) is 4.74. The Hall–Kier alpha value is -3.68. The predicted molar refractivity (Wildman–Crippen MR) is 128 cm³/mol. The van der Waals surface area contributed by atoms with Gasteiger partial charge in [0.05, 0.1) is 29.8 Å². The number of hydrogen-bond acceptors (Lipinski definition) is 6. The molecule has 8 nitrogen and oxygen atoms in total. The number of ether oxygens (including phenoxy) is 1. The largest absolute Gasteiger partial charge is 0.496 e. The predicted octanol–water partition coefficient (Wildman–Crippen LogP) is 5.12. The Morgan fingerprint density at radius 1 is 1.06 bits per heavy atom. The van der Waals surface area contributed by atoms with Gasteiger partial charge < -0.3 is 14.2 Å². The molecule has 4 aromatic heterocycles. The molecule has 4 heterocycles. The molecule has 0 spiro atoms. The lowest BCUT2D eigenvalue weighted by molar-refractivity contribution is 0.393. The average Bonchev–Trinajstić information content (AvgIpc) is 3.40. The van der Waals surface area contributed by atoms with E-state index in [0.717, 1.165) is 74.0 Å². The normalized spacial score (nSPS) is 11.7. The molecule has 0 aliphatic carbocycles. The highest BCUT2D eigenvalue weighted by atomic mass is 16.5. The zero-order valence-corrected chi connectivity index (χ0v) is 20.1. The minimum Gasteiger partial charge on any atom is -0.496 e. The number of hydrogen-bond donors (Lipinski definition) is 1. The first-order valence-corrected chi connectivity index (χ1v) is 11.1. The van der Waals surface area contributed by atoms with E-state index in [1.54, 1.807) is 7.11 Å². The lowest BCUT2D eigenvalue weighted by Crippen LogP contribution is -2.06. The van der Waals surface area contributed by atoms with Gasteiger partial charge in [-0.3, -0.25) is 4.68 Å². The van der Waals surface area contributed by atoms with Gasteiger partial charge in [-0.2, -0.15) is 5.10 Å². The van der Waals surface area contributed by atoms with Crippen molar-refractivity contribution in [3.63, 3.8) is 0 Å². The summed E-state index contributed by atoms with van der Waals surface area (Å²) < 4.78 is 13.3. The SMILES string of the molecule is CCn1nc(C)c(C)c1Cc1nc(C)nc2[nH]c3cc(-c4c(C)noc4C)c(OC)cc3c12. The number of benzene rings is 1. The minimum absolute atomic E-state index is 0.682. The van der Waals surface area contributed by atoms with Crippen LogP contribution < -0.4 is 4.74 Å². The summed E-state index contributed by atoms with van der Waals surface area (Å²) in [5, 5.41) is 10.9. The molecule has 5 rings (SSSR count). The van der Waals surface area contributed by atoms with Gasteiger partial charge in [0, 0.05) is 40.5 Å². The van der Waals surface area contributed by atoms with Crippen LogP contribution in [0.1, 0.15) is 46.8 Å². The van der Waals surface area contributed by atoms with Gasteiger partial charge in [0.25, 0.3) is 0 Å². The van der Waals surface area contributed by atoms with E-state index in [1.807, 2.05) is 20.8 Å². The van der Waals surface area contributed by atoms with Crippen LogP contribution in [0.25, 0.3) is 33.1 Å². The molecule has 0 saturated carbocycles. The molecular formula is C25H28N6O2. The van der Waals surface area contributed by atoms with Gasteiger partial charge in [-0.15, -0.1) is 0 Å². The van der Waals surface area contributed by atoms with Gasteiger partial charge in [0.15, 0.2) is 0 Å². The van der Waals surface area contributed by atoms with E-state index in [-0.39, 0.29) is 0 Å². The Morgan fingerprint density at radius 2 is 1.85 bits per heavy atom. The maximum Gasteiger partial charge on any atom is 0.142 e. The average molecular weight is 445 g/mol. The van der Waals surface area contributed by atoms with E-state index in [1.165, 1.54) is 11.3 Å². The molecule has 170 valence electrons. The second-order valence-electron chi connectivity index (χ2n) is 8.51. The van der Waals surface area contributed by atoms with Crippen molar-refractivity contribution in [1.29, 1.82) is 0 Å². The van der Waals surface area contributed by atoms with Crippen LogP contribution in [0, 0.1) is 34.6 Å². The highest BCUT2D eigenvalue weighted by Crippen LogP contribution is 2.40. The van der Waals surface area contributed by atoms with Crippen LogP contribution in [-0.4, -0.2) is 37.0 Å². The number of aryl methyl sites for hydroxylation is 5. The van der Waals surface area contributed by atoms with E-state index >= 15 is 0 Å². The van der Waals surface area contributed by atoms with Crippen molar-refractivity contribution in [2.24, 2.45) is 0 Å². The van der Waals surface area contributed by atoms with E-state index in [4.69, 9.17) is 24.3 Å². The van der Waals surface area contributed by atoms with E-state index in [9.17, 15) is 0 Å². The van der Waals surface area contributed by atoms with Gasteiger partial charge in [-0.05, 0) is 59.2 Å². The summed E-state index contributed by atoms with van der Waals surface area (Å²) in [7, 11) is 1.69. The fraction of sp³-hybridized carbons (Fsp3) is 0.360. The summed E-state index contributed by atoms with van der Waals surface area (Å²) >= 11 is 0. The maximum absolute atomic E-state index is 5.81. The molecule has 0 fully saturated rings. The summed E-state index contributed by atoms with van der Waals surface area (Å²) in [4.78, 5) is 13.1. The molecule has 0 amide bonds. The van der Waals surface area contributed by atoms with Gasteiger partial charge in [0.2, 0.25) is 0 Å². The zero-order chi connectivity index (χ0) is 23.4. The number of aromatic nitrogens is 6. The number of nitrogens with one attached hydrogen (secondary N) is 1. The lowest BCUT2D eigenvalue weighted by atomic mass is 10.00. The molecule has 0 atom stereocenters. The third-order valence-electron chi connectivity index (χ3n) is 6.45. The molecule has 1 N–H and O–H groups in total. The zero-order valence-electron chi connectivity index (χ0n) is 20.1. The van der Waals surface area contributed by atoms with Crippen LogP contribution in [-0.2, 0) is 13.0 Å².